The lowest BCUT2D eigenvalue weighted by molar-refractivity contribution is 0.136. The van der Waals surface area contributed by atoms with Gasteiger partial charge < -0.3 is 10.1 Å². The summed E-state index contributed by atoms with van der Waals surface area (Å²) in [6.45, 7) is 8.39. The average Bonchev–Trinajstić information content (AvgIpc) is 2.59. The second-order valence-electron chi connectivity index (χ2n) is 4.19. The van der Waals surface area contributed by atoms with E-state index in [9.17, 15) is 0 Å². The van der Waals surface area contributed by atoms with Crippen molar-refractivity contribution in [1.29, 1.82) is 0 Å². The van der Waals surface area contributed by atoms with Gasteiger partial charge in [0.25, 0.3) is 0 Å². The van der Waals surface area contributed by atoms with Gasteiger partial charge in [0, 0.05) is 24.4 Å². The Hall–Kier alpha value is 0.270. The number of thioether (sulfide) groups is 1. The number of hydrogen-bond acceptors (Lipinski definition) is 3. The lowest BCUT2D eigenvalue weighted by atomic mass is 10.1. The molecule has 1 atom stereocenters. The van der Waals surface area contributed by atoms with E-state index in [0.717, 1.165) is 32.7 Å². The van der Waals surface area contributed by atoms with Crippen molar-refractivity contribution in [3.05, 3.63) is 0 Å². The van der Waals surface area contributed by atoms with E-state index in [4.69, 9.17) is 4.74 Å². The van der Waals surface area contributed by atoms with E-state index < -0.39 is 0 Å². The summed E-state index contributed by atoms with van der Waals surface area (Å²) in [5.74, 6) is 1.34. The van der Waals surface area contributed by atoms with Crippen LogP contribution < -0.4 is 5.32 Å². The summed E-state index contributed by atoms with van der Waals surface area (Å²) >= 11 is 2.11. The summed E-state index contributed by atoms with van der Waals surface area (Å²) in [7, 11) is 0. The van der Waals surface area contributed by atoms with Gasteiger partial charge in [-0.1, -0.05) is 6.92 Å². The molecule has 0 aromatic carbocycles. The standard InChI is InChI=1S/C11H23NOS/c1-3-7-13-8-6-12-10-11(2)5-4-9-14-11/h12H,3-10H2,1-2H3. The van der Waals surface area contributed by atoms with Crippen LogP contribution in [0, 0.1) is 0 Å². The predicted molar refractivity (Wildman–Crippen MR) is 64.1 cm³/mol. The molecule has 3 heteroatoms. The van der Waals surface area contributed by atoms with Gasteiger partial charge in [0.1, 0.15) is 0 Å². The molecule has 1 fully saturated rings. The Balaban J connectivity index is 1.92. The van der Waals surface area contributed by atoms with Crippen LogP contribution >= 0.6 is 11.8 Å². The summed E-state index contributed by atoms with van der Waals surface area (Å²) in [4.78, 5) is 0. The van der Waals surface area contributed by atoms with Crippen LogP contribution in [0.4, 0.5) is 0 Å². The molecule has 1 rings (SSSR count). The van der Waals surface area contributed by atoms with E-state index in [1.54, 1.807) is 0 Å². The smallest absolute Gasteiger partial charge is 0.0590 e. The van der Waals surface area contributed by atoms with Crippen molar-refractivity contribution in [3.63, 3.8) is 0 Å². The molecule has 0 aliphatic carbocycles. The van der Waals surface area contributed by atoms with Crippen LogP contribution in [-0.4, -0.2) is 36.8 Å². The van der Waals surface area contributed by atoms with Crippen LogP contribution in [-0.2, 0) is 4.74 Å². The second kappa shape index (κ2) is 6.70. The van der Waals surface area contributed by atoms with E-state index in [2.05, 4.69) is 30.9 Å². The fourth-order valence-corrected chi connectivity index (χ4v) is 2.99. The molecule has 84 valence electrons. The quantitative estimate of drug-likeness (QED) is 0.661. The van der Waals surface area contributed by atoms with Crippen molar-refractivity contribution in [2.24, 2.45) is 0 Å². The van der Waals surface area contributed by atoms with E-state index in [0.29, 0.717) is 4.75 Å². The van der Waals surface area contributed by atoms with Crippen LogP contribution in [0.2, 0.25) is 0 Å². The Morgan fingerprint density at radius 1 is 1.43 bits per heavy atom. The van der Waals surface area contributed by atoms with E-state index >= 15 is 0 Å². The van der Waals surface area contributed by atoms with Crippen LogP contribution in [0.3, 0.4) is 0 Å². The van der Waals surface area contributed by atoms with Gasteiger partial charge in [-0.15, -0.1) is 0 Å². The fraction of sp³-hybridized carbons (Fsp3) is 1.00. The maximum atomic E-state index is 5.41. The molecule has 2 nitrogen and oxygen atoms in total. The zero-order valence-electron chi connectivity index (χ0n) is 9.47. The first-order valence-corrected chi connectivity index (χ1v) is 6.68. The Morgan fingerprint density at radius 2 is 2.29 bits per heavy atom. The van der Waals surface area contributed by atoms with E-state index in [1.165, 1.54) is 18.6 Å². The zero-order valence-corrected chi connectivity index (χ0v) is 10.3. The van der Waals surface area contributed by atoms with E-state index in [-0.39, 0.29) is 0 Å². The highest BCUT2D eigenvalue weighted by atomic mass is 32.2. The summed E-state index contributed by atoms with van der Waals surface area (Å²) in [6.07, 6.45) is 3.86. The molecular formula is C11H23NOS. The molecule has 0 saturated carbocycles. The van der Waals surface area contributed by atoms with Crippen molar-refractivity contribution < 1.29 is 4.74 Å². The predicted octanol–water partition coefficient (Wildman–Crippen LogP) is 2.29. The summed E-state index contributed by atoms with van der Waals surface area (Å²) in [6, 6.07) is 0. The van der Waals surface area contributed by atoms with Gasteiger partial charge in [0.05, 0.1) is 6.61 Å². The topological polar surface area (TPSA) is 21.3 Å². The lowest BCUT2D eigenvalue weighted by Gasteiger charge is -2.22. The minimum atomic E-state index is 0.491. The highest BCUT2D eigenvalue weighted by molar-refractivity contribution is 8.00. The number of hydrogen-bond donors (Lipinski definition) is 1. The molecule has 1 saturated heterocycles. The highest BCUT2D eigenvalue weighted by Crippen LogP contribution is 2.36. The first-order chi connectivity index (χ1) is 6.77. The van der Waals surface area contributed by atoms with Crippen LogP contribution in [0.5, 0.6) is 0 Å². The summed E-state index contributed by atoms with van der Waals surface area (Å²) in [5, 5.41) is 3.48. The Bertz CT molecular complexity index is 146. The molecule has 1 N–H and O–H groups in total. The zero-order chi connectivity index (χ0) is 10.3. The molecule has 0 bridgehead atoms. The van der Waals surface area contributed by atoms with Crippen molar-refractivity contribution in [2.75, 3.05) is 32.1 Å². The third kappa shape index (κ3) is 4.67. The van der Waals surface area contributed by atoms with Gasteiger partial charge in [-0.3, -0.25) is 0 Å². The number of ether oxygens (including phenoxy) is 1. The van der Waals surface area contributed by atoms with E-state index in [1.807, 2.05) is 0 Å². The fourth-order valence-electron chi connectivity index (χ4n) is 1.72. The van der Waals surface area contributed by atoms with Crippen LogP contribution in [0.25, 0.3) is 0 Å². The molecule has 1 aliphatic heterocycles. The molecule has 1 heterocycles. The van der Waals surface area contributed by atoms with Gasteiger partial charge in [-0.25, -0.2) is 0 Å². The van der Waals surface area contributed by atoms with Gasteiger partial charge in [0.2, 0.25) is 0 Å². The maximum Gasteiger partial charge on any atom is 0.0590 e. The molecule has 14 heavy (non-hydrogen) atoms. The molecule has 1 unspecified atom stereocenters. The molecule has 0 spiro atoms. The van der Waals surface area contributed by atoms with Crippen molar-refractivity contribution in [2.45, 2.75) is 37.9 Å². The first kappa shape index (κ1) is 12.3. The van der Waals surface area contributed by atoms with Gasteiger partial charge in [-0.2, -0.15) is 11.8 Å². The van der Waals surface area contributed by atoms with Gasteiger partial charge >= 0.3 is 0 Å². The maximum absolute atomic E-state index is 5.41. The van der Waals surface area contributed by atoms with Crippen molar-refractivity contribution >= 4 is 11.8 Å². The van der Waals surface area contributed by atoms with Crippen molar-refractivity contribution in [1.82, 2.24) is 5.32 Å². The summed E-state index contributed by atoms with van der Waals surface area (Å²) < 4.78 is 5.90. The Labute approximate surface area is 92.2 Å². The average molecular weight is 217 g/mol. The van der Waals surface area contributed by atoms with Gasteiger partial charge in [0.15, 0.2) is 0 Å². The summed E-state index contributed by atoms with van der Waals surface area (Å²) in [5.41, 5.74) is 0. The largest absolute Gasteiger partial charge is 0.380 e. The molecule has 0 aromatic heterocycles. The normalized spacial score (nSPS) is 27.0. The van der Waals surface area contributed by atoms with Gasteiger partial charge in [-0.05, 0) is 31.9 Å². The molecule has 0 aromatic rings. The minimum Gasteiger partial charge on any atom is -0.380 e. The molecule has 0 amide bonds. The minimum absolute atomic E-state index is 0.491. The molecular weight excluding hydrogens is 194 g/mol. The third-order valence-electron chi connectivity index (χ3n) is 2.57. The molecule has 0 radical (unpaired) electrons. The van der Waals surface area contributed by atoms with Crippen LogP contribution in [0.1, 0.15) is 33.1 Å². The Kier molecular flexibility index (Phi) is 5.90. The van der Waals surface area contributed by atoms with Crippen LogP contribution in [0.15, 0.2) is 0 Å². The number of nitrogens with one attached hydrogen (secondary N) is 1. The molecule has 1 aliphatic rings. The first-order valence-electron chi connectivity index (χ1n) is 5.69. The lowest BCUT2D eigenvalue weighted by Crippen LogP contribution is -2.34. The number of rotatable bonds is 7. The Morgan fingerprint density at radius 3 is 2.93 bits per heavy atom. The monoisotopic (exact) mass is 217 g/mol. The SMILES string of the molecule is CCCOCCNCC1(C)CCCS1. The highest BCUT2D eigenvalue weighted by Gasteiger charge is 2.28. The van der Waals surface area contributed by atoms with Crippen molar-refractivity contribution in [3.8, 4) is 0 Å². The second-order valence-corrected chi connectivity index (χ2v) is 5.87. The third-order valence-corrected chi connectivity index (χ3v) is 4.11.